The molecule has 6 nitrogen and oxygen atoms in total. The summed E-state index contributed by atoms with van der Waals surface area (Å²) in [6, 6.07) is 13.4. The number of hydrogen-bond donors (Lipinski definition) is 2. The van der Waals surface area contributed by atoms with Crippen LogP contribution in [0.15, 0.2) is 66.1 Å². The normalized spacial score (nSPS) is 13.8. The molecule has 2 amide bonds. The molecule has 0 spiro atoms. The number of thioether (sulfide) groups is 1. The molecule has 0 unspecified atom stereocenters. The minimum Gasteiger partial charge on any atom is -0.349 e. The number of halogens is 1. The van der Waals surface area contributed by atoms with Crippen LogP contribution >= 0.6 is 11.8 Å². The van der Waals surface area contributed by atoms with Crippen LogP contribution in [0, 0.1) is 5.82 Å². The van der Waals surface area contributed by atoms with E-state index in [4.69, 9.17) is 0 Å². The van der Waals surface area contributed by atoms with Crippen molar-refractivity contribution in [1.82, 2.24) is 14.9 Å². The second kappa shape index (κ2) is 9.78. The van der Waals surface area contributed by atoms with Gasteiger partial charge >= 0.3 is 0 Å². The summed E-state index contributed by atoms with van der Waals surface area (Å²) in [6.45, 7) is 0. The summed E-state index contributed by atoms with van der Waals surface area (Å²) in [5, 5.41) is 6.46. The monoisotopic (exact) mass is 438 g/mol. The van der Waals surface area contributed by atoms with E-state index >= 15 is 0 Å². The van der Waals surface area contributed by atoms with E-state index in [2.05, 4.69) is 15.6 Å². The Kier molecular flexibility index (Phi) is 6.66. The highest BCUT2D eigenvalue weighted by Crippen LogP contribution is 2.23. The quantitative estimate of drug-likeness (QED) is 0.536. The highest BCUT2D eigenvalue weighted by atomic mass is 32.2. The molecule has 1 aromatic heterocycles. The molecule has 2 N–H and O–H groups in total. The number of anilines is 1. The summed E-state index contributed by atoms with van der Waals surface area (Å²) < 4.78 is 15.3. The summed E-state index contributed by atoms with van der Waals surface area (Å²) in [5.41, 5.74) is 1.57. The second-order valence-corrected chi connectivity index (χ2v) is 8.34. The van der Waals surface area contributed by atoms with Gasteiger partial charge in [-0.2, -0.15) is 0 Å². The van der Waals surface area contributed by atoms with Crippen molar-refractivity contribution in [2.24, 2.45) is 0 Å². The van der Waals surface area contributed by atoms with Gasteiger partial charge in [0.05, 0.1) is 22.7 Å². The number of rotatable bonds is 7. The van der Waals surface area contributed by atoms with Gasteiger partial charge < -0.3 is 10.6 Å². The molecule has 1 fully saturated rings. The first-order valence-electron chi connectivity index (χ1n) is 10.2. The zero-order valence-corrected chi connectivity index (χ0v) is 17.7. The lowest BCUT2D eigenvalue weighted by molar-refractivity contribution is -0.113. The van der Waals surface area contributed by atoms with Crippen LogP contribution in [0.1, 0.15) is 36.0 Å². The predicted molar refractivity (Wildman–Crippen MR) is 119 cm³/mol. The molecule has 1 aliphatic rings. The maximum atomic E-state index is 13.5. The van der Waals surface area contributed by atoms with Gasteiger partial charge in [0, 0.05) is 18.4 Å². The lowest BCUT2D eigenvalue weighted by Crippen LogP contribution is -2.33. The van der Waals surface area contributed by atoms with Crippen molar-refractivity contribution in [3.63, 3.8) is 0 Å². The Hall–Kier alpha value is -3.13. The summed E-state index contributed by atoms with van der Waals surface area (Å²) in [6.07, 6.45) is 7.58. The third-order valence-electron chi connectivity index (χ3n) is 5.16. The van der Waals surface area contributed by atoms with Gasteiger partial charge in [-0.15, -0.1) is 0 Å². The molecule has 0 atom stereocenters. The first kappa shape index (κ1) is 21.1. The molecule has 8 heteroatoms. The number of benzene rings is 2. The van der Waals surface area contributed by atoms with E-state index in [1.54, 1.807) is 53.4 Å². The van der Waals surface area contributed by atoms with Crippen LogP contribution < -0.4 is 10.6 Å². The van der Waals surface area contributed by atoms with Crippen molar-refractivity contribution in [3.8, 4) is 5.69 Å². The number of carbonyl (C=O) groups excluding carboxylic acids is 2. The number of carbonyl (C=O) groups is 2. The van der Waals surface area contributed by atoms with Gasteiger partial charge in [-0.25, -0.2) is 9.37 Å². The van der Waals surface area contributed by atoms with E-state index in [-0.39, 0.29) is 29.4 Å². The van der Waals surface area contributed by atoms with E-state index in [9.17, 15) is 14.0 Å². The number of nitrogens with zero attached hydrogens (tertiary/aromatic N) is 2. The third-order valence-corrected chi connectivity index (χ3v) is 6.13. The predicted octanol–water partition coefficient (Wildman–Crippen LogP) is 4.41. The van der Waals surface area contributed by atoms with E-state index < -0.39 is 0 Å². The molecular formula is C23H23FN4O2S. The molecule has 31 heavy (non-hydrogen) atoms. The van der Waals surface area contributed by atoms with Crippen molar-refractivity contribution < 1.29 is 14.0 Å². The zero-order valence-electron chi connectivity index (χ0n) is 16.9. The van der Waals surface area contributed by atoms with Crippen molar-refractivity contribution in [2.45, 2.75) is 36.9 Å². The molecule has 0 aliphatic heterocycles. The lowest BCUT2D eigenvalue weighted by atomic mass is 10.1. The first-order chi connectivity index (χ1) is 15.1. The van der Waals surface area contributed by atoms with Crippen LogP contribution in [0.25, 0.3) is 5.69 Å². The maximum absolute atomic E-state index is 13.5. The second-order valence-electron chi connectivity index (χ2n) is 7.40. The Morgan fingerprint density at radius 1 is 1.13 bits per heavy atom. The Labute approximate surface area is 184 Å². The molecule has 0 saturated heterocycles. The summed E-state index contributed by atoms with van der Waals surface area (Å²) in [5.74, 6) is -0.658. The standard InChI is InChI=1S/C23H23FN4O2S/c24-16-6-5-9-18(14-16)28-13-12-25-23(28)31-15-21(29)27-20-11-4-3-10-19(20)22(30)26-17-7-1-2-8-17/h3-6,9-14,17H,1-2,7-8,15H2,(H,26,30)(H,27,29). The molecule has 0 bridgehead atoms. The zero-order chi connectivity index (χ0) is 21.6. The molecular weight excluding hydrogens is 415 g/mol. The number of amides is 2. The molecule has 0 radical (unpaired) electrons. The minimum atomic E-state index is -0.340. The minimum absolute atomic E-state index is 0.102. The Morgan fingerprint density at radius 3 is 2.74 bits per heavy atom. The molecule has 1 aliphatic carbocycles. The Bertz CT molecular complexity index is 1080. The van der Waals surface area contributed by atoms with Gasteiger partial charge in [0.1, 0.15) is 5.82 Å². The summed E-state index contributed by atoms with van der Waals surface area (Å²) >= 11 is 1.24. The first-order valence-corrected chi connectivity index (χ1v) is 11.2. The fourth-order valence-electron chi connectivity index (χ4n) is 3.66. The number of para-hydroxylation sites is 1. The van der Waals surface area contributed by atoms with Crippen LogP contribution in [-0.2, 0) is 4.79 Å². The molecule has 4 rings (SSSR count). The van der Waals surface area contributed by atoms with Crippen LogP contribution in [0.2, 0.25) is 0 Å². The van der Waals surface area contributed by atoms with Gasteiger partial charge in [-0.1, -0.05) is 42.8 Å². The van der Waals surface area contributed by atoms with Gasteiger partial charge in [0.15, 0.2) is 5.16 Å². The number of hydrogen-bond acceptors (Lipinski definition) is 4. The topological polar surface area (TPSA) is 76.0 Å². The van der Waals surface area contributed by atoms with Gasteiger partial charge in [-0.3, -0.25) is 14.2 Å². The molecule has 2 aromatic carbocycles. The third kappa shape index (κ3) is 5.32. The fraction of sp³-hybridized carbons (Fsp3) is 0.261. The molecule has 160 valence electrons. The number of nitrogens with one attached hydrogen (secondary N) is 2. The number of aromatic nitrogens is 2. The van der Waals surface area contributed by atoms with E-state index in [1.807, 2.05) is 0 Å². The largest absolute Gasteiger partial charge is 0.349 e. The SMILES string of the molecule is O=C(CSc1nccn1-c1cccc(F)c1)Nc1ccccc1C(=O)NC1CCCC1. The van der Waals surface area contributed by atoms with Crippen molar-refractivity contribution in [3.05, 3.63) is 72.3 Å². The van der Waals surface area contributed by atoms with E-state index in [1.165, 1.54) is 23.9 Å². The van der Waals surface area contributed by atoms with E-state index in [0.29, 0.717) is 22.1 Å². The Morgan fingerprint density at radius 2 is 1.94 bits per heavy atom. The fourth-order valence-corrected chi connectivity index (χ4v) is 4.43. The van der Waals surface area contributed by atoms with Gasteiger partial charge in [-0.05, 0) is 43.2 Å². The lowest BCUT2D eigenvalue weighted by Gasteiger charge is -2.15. The molecule has 3 aromatic rings. The van der Waals surface area contributed by atoms with Crippen molar-refractivity contribution >= 4 is 29.3 Å². The highest BCUT2D eigenvalue weighted by Gasteiger charge is 2.20. The molecule has 1 saturated carbocycles. The average molecular weight is 439 g/mol. The smallest absolute Gasteiger partial charge is 0.253 e. The summed E-state index contributed by atoms with van der Waals surface area (Å²) in [4.78, 5) is 29.5. The maximum Gasteiger partial charge on any atom is 0.253 e. The Balaban J connectivity index is 1.39. The summed E-state index contributed by atoms with van der Waals surface area (Å²) in [7, 11) is 0. The highest BCUT2D eigenvalue weighted by molar-refractivity contribution is 7.99. The van der Waals surface area contributed by atoms with E-state index in [0.717, 1.165) is 25.7 Å². The average Bonchev–Trinajstić information content (AvgIpc) is 3.44. The molecule has 1 heterocycles. The van der Waals surface area contributed by atoms with Gasteiger partial charge in [0.25, 0.3) is 5.91 Å². The van der Waals surface area contributed by atoms with Crippen LogP contribution in [0.4, 0.5) is 10.1 Å². The van der Waals surface area contributed by atoms with Crippen LogP contribution in [-0.4, -0.2) is 33.2 Å². The van der Waals surface area contributed by atoms with Crippen LogP contribution in [0.3, 0.4) is 0 Å². The van der Waals surface area contributed by atoms with Crippen molar-refractivity contribution in [2.75, 3.05) is 11.1 Å². The number of imidazole rings is 1. The van der Waals surface area contributed by atoms with Gasteiger partial charge in [0.2, 0.25) is 5.91 Å². The van der Waals surface area contributed by atoms with Crippen LogP contribution in [0.5, 0.6) is 0 Å². The van der Waals surface area contributed by atoms with Crippen molar-refractivity contribution in [1.29, 1.82) is 0 Å².